The number of nitrogens with two attached hydrogens (primary N) is 1. The van der Waals surface area contributed by atoms with Crippen LogP contribution in [0.4, 0.5) is 8.78 Å². The number of rotatable bonds is 5. The molecule has 0 aromatic heterocycles. The Kier molecular flexibility index (Phi) is 5.67. The molecule has 5 heteroatoms. The van der Waals surface area contributed by atoms with E-state index in [9.17, 15) is 8.78 Å². The van der Waals surface area contributed by atoms with E-state index in [0.29, 0.717) is 18.0 Å². The molecule has 1 heterocycles. The quantitative estimate of drug-likeness (QED) is 0.904. The normalized spacial score (nSPS) is 19.1. The van der Waals surface area contributed by atoms with Gasteiger partial charge in [-0.05, 0) is 52.0 Å². The molecule has 1 aliphatic rings. The first-order valence-electron chi connectivity index (χ1n) is 7.53. The summed E-state index contributed by atoms with van der Waals surface area (Å²) in [6.07, 6.45) is 2.39. The van der Waals surface area contributed by atoms with Gasteiger partial charge in [-0.2, -0.15) is 0 Å². The summed E-state index contributed by atoms with van der Waals surface area (Å²) in [6, 6.07) is 3.17. The zero-order valence-electron chi connectivity index (χ0n) is 12.9. The van der Waals surface area contributed by atoms with Gasteiger partial charge < -0.3 is 15.5 Å². The van der Waals surface area contributed by atoms with Crippen molar-refractivity contribution >= 4 is 0 Å². The number of likely N-dealkylation sites (tertiary alicyclic amines) is 1. The maximum atomic E-state index is 13.7. The van der Waals surface area contributed by atoms with Crippen LogP contribution in [-0.2, 0) is 0 Å². The smallest absolute Gasteiger partial charge is 0.130 e. The Bertz CT molecular complexity index is 459. The molecule has 1 aromatic carbocycles. The van der Waals surface area contributed by atoms with Crippen LogP contribution in [0.3, 0.4) is 0 Å². The highest BCUT2D eigenvalue weighted by atomic mass is 19.1. The van der Waals surface area contributed by atoms with Crippen molar-refractivity contribution in [3.63, 3.8) is 0 Å². The van der Waals surface area contributed by atoms with E-state index in [1.165, 1.54) is 25.0 Å². The lowest BCUT2D eigenvalue weighted by Gasteiger charge is -2.32. The molecule has 1 fully saturated rings. The molecule has 2 rings (SSSR count). The fourth-order valence-corrected chi connectivity index (χ4v) is 3.00. The number of nitrogens with zero attached hydrogens (tertiary/aromatic N) is 2. The van der Waals surface area contributed by atoms with Gasteiger partial charge in [0.25, 0.3) is 0 Å². The van der Waals surface area contributed by atoms with E-state index in [1.807, 2.05) is 7.05 Å². The van der Waals surface area contributed by atoms with Gasteiger partial charge in [0.05, 0.1) is 0 Å². The molecule has 1 aromatic rings. The Morgan fingerprint density at radius 3 is 2.62 bits per heavy atom. The average Bonchev–Trinajstić information content (AvgIpc) is 2.41. The third-order valence-electron chi connectivity index (χ3n) is 4.28. The van der Waals surface area contributed by atoms with Gasteiger partial charge in [0.15, 0.2) is 0 Å². The largest absolute Gasteiger partial charge is 0.323 e. The van der Waals surface area contributed by atoms with E-state index < -0.39 is 17.7 Å². The Morgan fingerprint density at radius 2 is 2.00 bits per heavy atom. The first-order valence-corrected chi connectivity index (χ1v) is 7.53. The Morgan fingerprint density at radius 1 is 1.33 bits per heavy atom. The molecule has 1 unspecified atom stereocenters. The lowest BCUT2D eigenvalue weighted by atomic mass is 9.96. The molecule has 21 heavy (non-hydrogen) atoms. The predicted molar refractivity (Wildman–Crippen MR) is 81.0 cm³/mol. The SMILES string of the molecule is CN1CCC(CN(C)CC(N)c2ccc(F)cc2F)CC1. The predicted octanol–water partition coefficient (Wildman–Crippen LogP) is 2.24. The van der Waals surface area contributed by atoms with Crippen LogP contribution in [0.5, 0.6) is 0 Å². The van der Waals surface area contributed by atoms with Crippen LogP contribution in [-0.4, -0.2) is 50.1 Å². The minimum absolute atomic E-state index is 0.381. The Balaban J connectivity index is 1.85. The molecule has 0 bridgehead atoms. The number of piperidine rings is 1. The maximum Gasteiger partial charge on any atom is 0.130 e. The zero-order valence-corrected chi connectivity index (χ0v) is 12.9. The molecular formula is C16H25F2N3. The van der Waals surface area contributed by atoms with E-state index in [1.54, 1.807) is 0 Å². The molecule has 1 saturated heterocycles. The van der Waals surface area contributed by atoms with Gasteiger partial charge in [-0.1, -0.05) is 6.07 Å². The minimum Gasteiger partial charge on any atom is -0.323 e. The fourth-order valence-electron chi connectivity index (χ4n) is 3.00. The second-order valence-corrected chi connectivity index (χ2v) is 6.24. The average molecular weight is 297 g/mol. The molecule has 0 saturated carbocycles. The summed E-state index contributed by atoms with van der Waals surface area (Å²) >= 11 is 0. The number of halogens is 2. The molecule has 0 amide bonds. The van der Waals surface area contributed by atoms with Gasteiger partial charge in [-0.3, -0.25) is 0 Å². The standard InChI is InChI=1S/C16H25F2N3/c1-20-7-5-12(6-8-20)10-21(2)11-16(19)14-4-3-13(17)9-15(14)18/h3-4,9,12,16H,5-8,10-11,19H2,1-2H3. The van der Waals surface area contributed by atoms with Crippen LogP contribution in [0.15, 0.2) is 18.2 Å². The summed E-state index contributed by atoms with van der Waals surface area (Å²) in [5.41, 5.74) is 6.44. The first kappa shape index (κ1) is 16.3. The Hall–Kier alpha value is -1.04. The second kappa shape index (κ2) is 7.29. The highest BCUT2D eigenvalue weighted by molar-refractivity contribution is 5.22. The van der Waals surface area contributed by atoms with Gasteiger partial charge in [-0.25, -0.2) is 8.78 Å². The van der Waals surface area contributed by atoms with Gasteiger partial charge in [-0.15, -0.1) is 0 Å². The lowest BCUT2D eigenvalue weighted by Crippen LogP contribution is -2.38. The van der Waals surface area contributed by atoms with Crippen molar-refractivity contribution in [1.82, 2.24) is 9.80 Å². The van der Waals surface area contributed by atoms with E-state index >= 15 is 0 Å². The molecule has 0 aliphatic carbocycles. The first-order chi connectivity index (χ1) is 9.95. The van der Waals surface area contributed by atoms with Crippen LogP contribution in [0.2, 0.25) is 0 Å². The Labute approximate surface area is 125 Å². The molecule has 3 nitrogen and oxygen atoms in total. The van der Waals surface area contributed by atoms with Crippen molar-refractivity contribution < 1.29 is 8.78 Å². The summed E-state index contributed by atoms with van der Waals surface area (Å²) in [4.78, 5) is 4.50. The summed E-state index contributed by atoms with van der Waals surface area (Å²) in [5.74, 6) is -0.449. The maximum absolute atomic E-state index is 13.7. The molecule has 1 aliphatic heterocycles. The monoisotopic (exact) mass is 297 g/mol. The summed E-state index contributed by atoms with van der Waals surface area (Å²) in [6.45, 7) is 3.83. The third-order valence-corrected chi connectivity index (χ3v) is 4.28. The lowest BCUT2D eigenvalue weighted by molar-refractivity contribution is 0.172. The third kappa shape index (κ3) is 4.73. The molecule has 1 atom stereocenters. The van der Waals surface area contributed by atoms with E-state index in [0.717, 1.165) is 25.7 Å². The van der Waals surface area contributed by atoms with Crippen LogP contribution in [0.1, 0.15) is 24.4 Å². The van der Waals surface area contributed by atoms with E-state index in [4.69, 9.17) is 5.73 Å². The van der Waals surface area contributed by atoms with Gasteiger partial charge >= 0.3 is 0 Å². The van der Waals surface area contributed by atoms with Crippen LogP contribution in [0, 0.1) is 17.6 Å². The fraction of sp³-hybridized carbons (Fsp3) is 0.625. The van der Waals surface area contributed by atoms with Gasteiger partial charge in [0.1, 0.15) is 11.6 Å². The number of likely N-dealkylation sites (N-methyl/N-ethyl adjacent to an activating group) is 1. The van der Waals surface area contributed by atoms with Crippen LogP contribution < -0.4 is 5.73 Å². The highest BCUT2D eigenvalue weighted by Crippen LogP contribution is 2.20. The molecular weight excluding hydrogens is 272 g/mol. The number of benzene rings is 1. The topological polar surface area (TPSA) is 32.5 Å². The van der Waals surface area contributed by atoms with Gasteiger partial charge in [0, 0.05) is 30.8 Å². The summed E-state index contributed by atoms with van der Waals surface area (Å²) in [7, 11) is 4.16. The number of hydrogen-bond donors (Lipinski definition) is 1. The van der Waals surface area contributed by atoms with Gasteiger partial charge in [0.2, 0.25) is 0 Å². The minimum atomic E-state index is -0.567. The second-order valence-electron chi connectivity index (χ2n) is 6.24. The summed E-state index contributed by atoms with van der Waals surface area (Å²) in [5, 5.41) is 0. The van der Waals surface area contributed by atoms with Crippen molar-refractivity contribution in [2.24, 2.45) is 11.7 Å². The molecule has 0 spiro atoms. The highest BCUT2D eigenvalue weighted by Gasteiger charge is 2.20. The molecule has 0 radical (unpaired) electrons. The molecule has 2 N–H and O–H groups in total. The van der Waals surface area contributed by atoms with Crippen LogP contribution in [0.25, 0.3) is 0 Å². The number of hydrogen-bond acceptors (Lipinski definition) is 3. The zero-order chi connectivity index (χ0) is 15.4. The summed E-state index contributed by atoms with van der Waals surface area (Å²) < 4.78 is 26.6. The van der Waals surface area contributed by atoms with Crippen LogP contribution >= 0.6 is 0 Å². The van der Waals surface area contributed by atoms with Crippen molar-refractivity contribution in [2.45, 2.75) is 18.9 Å². The van der Waals surface area contributed by atoms with E-state index in [2.05, 4.69) is 16.8 Å². The van der Waals surface area contributed by atoms with Crippen molar-refractivity contribution in [1.29, 1.82) is 0 Å². The van der Waals surface area contributed by atoms with Crippen molar-refractivity contribution in [2.75, 3.05) is 40.3 Å². The molecule has 118 valence electrons. The van der Waals surface area contributed by atoms with E-state index in [-0.39, 0.29) is 0 Å². The van der Waals surface area contributed by atoms with Crippen molar-refractivity contribution in [3.05, 3.63) is 35.4 Å². The van der Waals surface area contributed by atoms with Crippen molar-refractivity contribution in [3.8, 4) is 0 Å².